The molecule has 0 unspecified atom stereocenters. The van der Waals surface area contributed by atoms with E-state index in [1.807, 2.05) is 10.8 Å². The van der Waals surface area contributed by atoms with E-state index in [-0.39, 0.29) is 22.6 Å². The van der Waals surface area contributed by atoms with Gasteiger partial charge in [0.15, 0.2) is 5.78 Å². The highest BCUT2D eigenvalue weighted by Crippen LogP contribution is 2.41. The van der Waals surface area contributed by atoms with Gasteiger partial charge in [0.1, 0.15) is 5.75 Å². The summed E-state index contributed by atoms with van der Waals surface area (Å²) >= 11 is 0. The van der Waals surface area contributed by atoms with Gasteiger partial charge in [0.25, 0.3) is 11.2 Å². The molecule has 9 nitrogen and oxygen atoms in total. The van der Waals surface area contributed by atoms with Crippen LogP contribution in [-0.2, 0) is 13.1 Å². The molecule has 31 heavy (non-hydrogen) atoms. The van der Waals surface area contributed by atoms with Crippen molar-refractivity contribution in [1.82, 2.24) is 14.1 Å². The van der Waals surface area contributed by atoms with Crippen LogP contribution < -0.4 is 5.56 Å². The van der Waals surface area contributed by atoms with E-state index in [4.69, 9.17) is 0 Å². The Morgan fingerprint density at radius 1 is 1.03 bits per heavy atom. The van der Waals surface area contributed by atoms with Crippen molar-refractivity contribution in [2.24, 2.45) is 0 Å². The van der Waals surface area contributed by atoms with Gasteiger partial charge in [-0.1, -0.05) is 0 Å². The average molecular weight is 416 g/mol. The van der Waals surface area contributed by atoms with E-state index in [1.165, 1.54) is 41.0 Å². The normalized spacial score (nSPS) is 12.2. The molecule has 2 heterocycles. The summed E-state index contributed by atoms with van der Waals surface area (Å²) in [4.78, 5) is 41.3. The molecule has 4 aromatic rings. The molecule has 1 aliphatic rings. The number of nitrogens with zero attached hydrogens (tertiary/aromatic N) is 4. The number of carbonyl (C=O) groups is 1. The Labute approximate surface area is 175 Å². The number of aromatic nitrogens is 3. The van der Waals surface area contributed by atoms with Crippen LogP contribution in [0.3, 0.4) is 0 Å². The molecule has 0 aliphatic heterocycles. The standard InChI is InChI=1S/C22H16N4O5/c27-14-3-5-16-17(11-14)20-19(21(16)28)15-4-2-13(26(30)31)10-18(15)22(29)25(20)8-1-7-24-9-6-23-12-24/h2-6,9-12,27H,1,7-8H2. The number of benzene rings is 2. The van der Waals surface area contributed by atoms with Crippen LogP contribution in [-0.4, -0.2) is 29.9 Å². The molecule has 0 radical (unpaired) electrons. The van der Waals surface area contributed by atoms with Crippen LogP contribution in [0.25, 0.3) is 22.0 Å². The highest BCUT2D eigenvalue weighted by Gasteiger charge is 2.33. The fourth-order valence-electron chi connectivity index (χ4n) is 4.16. The number of carbonyl (C=O) groups excluding carboxylic acids is 1. The minimum atomic E-state index is -0.565. The largest absolute Gasteiger partial charge is 0.508 e. The predicted octanol–water partition coefficient (Wildman–Crippen LogP) is 3.11. The highest BCUT2D eigenvalue weighted by molar-refractivity contribution is 6.26. The molecule has 0 saturated carbocycles. The zero-order valence-electron chi connectivity index (χ0n) is 16.2. The topological polar surface area (TPSA) is 120 Å². The quantitative estimate of drug-likeness (QED) is 0.347. The average Bonchev–Trinajstić information content (AvgIpc) is 3.36. The van der Waals surface area contributed by atoms with E-state index in [0.717, 1.165) is 0 Å². The summed E-state index contributed by atoms with van der Waals surface area (Å²) in [6.45, 7) is 0.898. The van der Waals surface area contributed by atoms with Gasteiger partial charge in [-0.05, 0) is 30.7 Å². The van der Waals surface area contributed by atoms with E-state index in [1.54, 1.807) is 12.5 Å². The van der Waals surface area contributed by atoms with Gasteiger partial charge in [0.2, 0.25) is 0 Å². The zero-order chi connectivity index (χ0) is 21.7. The third kappa shape index (κ3) is 2.90. The number of imidazole rings is 1. The van der Waals surface area contributed by atoms with Gasteiger partial charge in [-0.2, -0.15) is 0 Å². The third-order valence-corrected chi connectivity index (χ3v) is 5.55. The minimum Gasteiger partial charge on any atom is -0.508 e. The molecule has 2 aromatic heterocycles. The molecule has 1 aliphatic carbocycles. The molecule has 0 fully saturated rings. The third-order valence-electron chi connectivity index (χ3n) is 5.55. The number of aryl methyl sites for hydroxylation is 1. The Balaban J connectivity index is 1.74. The Bertz CT molecular complexity index is 1440. The molecule has 0 amide bonds. The molecule has 5 rings (SSSR count). The number of hydrogen-bond acceptors (Lipinski definition) is 6. The van der Waals surface area contributed by atoms with Crippen LogP contribution in [0, 0.1) is 10.1 Å². The summed E-state index contributed by atoms with van der Waals surface area (Å²) in [5.41, 5.74) is 1.02. The number of ketones is 1. The van der Waals surface area contributed by atoms with E-state index < -0.39 is 10.5 Å². The molecule has 2 aromatic carbocycles. The first-order valence-corrected chi connectivity index (χ1v) is 9.64. The SMILES string of the molecule is O=C1c2ccc(O)cc2-c2c1c1ccc([N+](=O)[O-])cc1c(=O)n2CCCn1ccnc1. The van der Waals surface area contributed by atoms with Crippen molar-refractivity contribution >= 4 is 22.2 Å². The van der Waals surface area contributed by atoms with Crippen LogP contribution >= 0.6 is 0 Å². The lowest BCUT2D eigenvalue weighted by Gasteiger charge is -2.15. The van der Waals surface area contributed by atoms with Crippen LogP contribution in [0.2, 0.25) is 0 Å². The summed E-state index contributed by atoms with van der Waals surface area (Å²) < 4.78 is 3.36. The molecule has 0 saturated heterocycles. The molecule has 154 valence electrons. The maximum Gasteiger partial charge on any atom is 0.270 e. The number of nitro groups is 1. The summed E-state index contributed by atoms with van der Waals surface area (Å²) in [6.07, 6.45) is 5.73. The molecule has 1 N–H and O–H groups in total. The first-order chi connectivity index (χ1) is 15.0. The first-order valence-electron chi connectivity index (χ1n) is 9.64. The first kappa shape index (κ1) is 18.7. The molecule has 0 atom stereocenters. The fraction of sp³-hybridized carbons (Fsp3) is 0.136. The van der Waals surface area contributed by atoms with Crippen molar-refractivity contribution in [2.75, 3.05) is 0 Å². The number of pyridine rings is 1. The molecular weight excluding hydrogens is 400 g/mol. The van der Waals surface area contributed by atoms with Gasteiger partial charge >= 0.3 is 0 Å². The van der Waals surface area contributed by atoms with E-state index >= 15 is 0 Å². The van der Waals surface area contributed by atoms with E-state index in [0.29, 0.717) is 47.3 Å². The van der Waals surface area contributed by atoms with Gasteiger partial charge in [-0.15, -0.1) is 0 Å². The molecule has 0 spiro atoms. The number of phenolic OH excluding ortho intramolecular Hbond substituents is 1. The monoisotopic (exact) mass is 416 g/mol. The lowest BCUT2D eigenvalue weighted by molar-refractivity contribution is -0.384. The number of rotatable bonds is 5. The minimum absolute atomic E-state index is 0.0133. The van der Waals surface area contributed by atoms with Gasteiger partial charge < -0.3 is 14.2 Å². The zero-order valence-corrected chi connectivity index (χ0v) is 16.2. The van der Waals surface area contributed by atoms with Crippen molar-refractivity contribution in [3.8, 4) is 17.0 Å². The van der Waals surface area contributed by atoms with Gasteiger partial charge in [0.05, 0.1) is 27.9 Å². The lowest BCUT2D eigenvalue weighted by Crippen LogP contribution is -2.24. The van der Waals surface area contributed by atoms with Crippen molar-refractivity contribution in [3.05, 3.63) is 86.7 Å². The number of hydrogen-bond donors (Lipinski definition) is 1. The molecular formula is C22H16N4O5. The molecule has 0 bridgehead atoms. The van der Waals surface area contributed by atoms with Crippen LogP contribution in [0.4, 0.5) is 5.69 Å². The number of nitro benzene ring substituents is 1. The Morgan fingerprint density at radius 2 is 1.87 bits per heavy atom. The second kappa shape index (κ2) is 6.91. The number of aromatic hydroxyl groups is 1. The van der Waals surface area contributed by atoms with Crippen molar-refractivity contribution in [2.45, 2.75) is 19.5 Å². The smallest absolute Gasteiger partial charge is 0.270 e. The number of non-ortho nitro benzene ring substituents is 1. The number of phenols is 1. The van der Waals surface area contributed by atoms with Crippen LogP contribution in [0.1, 0.15) is 22.3 Å². The fourth-order valence-corrected chi connectivity index (χ4v) is 4.16. The van der Waals surface area contributed by atoms with E-state index in [9.17, 15) is 24.8 Å². The lowest BCUT2D eigenvalue weighted by atomic mass is 10.0. The van der Waals surface area contributed by atoms with Crippen LogP contribution in [0.5, 0.6) is 5.75 Å². The van der Waals surface area contributed by atoms with Crippen molar-refractivity contribution in [3.63, 3.8) is 0 Å². The second-order valence-electron chi connectivity index (χ2n) is 7.38. The second-order valence-corrected chi connectivity index (χ2v) is 7.38. The van der Waals surface area contributed by atoms with Crippen molar-refractivity contribution in [1.29, 1.82) is 0 Å². The van der Waals surface area contributed by atoms with Crippen LogP contribution in [0.15, 0.2) is 59.9 Å². The Kier molecular flexibility index (Phi) is 4.18. The summed E-state index contributed by atoms with van der Waals surface area (Å²) in [7, 11) is 0. The predicted molar refractivity (Wildman–Crippen MR) is 112 cm³/mol. The number of fused-ring (bicyclic) bond motifs is 5. The summed E-state index contributed by atoms with van der Waals surface area (Å²) in [6, 6.07) is 8.40. The van der Waals surface area contributed by atoms with Gasteiger partial charge in [-0.3, -0.25) is 19.7 Å². The Hall–Kier alpha value is -4.27. The maximum absolute atomic E-state index is 13.4. The van der Waals surface area contributed by atoms with E-state index in [2.05, 4.69) is 4.98 Å². The summed E-state index contributed by atoms with van der Waals surface area (Å²) in [5.74, 6) is -0.284. The van der Waals surface area contributed by atoms with Gasteiger partial charge in [0, 0.05) is 54.1 Å². The molecule has 9 heteroatoms. The van der Waals surface area contributed by atoms with Gasteiger partial charge in [-0.25, -0.2) is 4.98 Å². The highest BCUT2D eigenvalue weighted by atomic mass is 16.6. The Morgan fingerprint density at radius 3 is 2.61 bits per heavy atom. The maximum atomic E-state index is 13.4. The van der Waals surface area contributed by atoms with Crippen molar-refractivity contribution < 1.29 is 14.8 Å². The summed E-state index contributed by atoms with van der Waals surface area (Å²) in [5, 5.41) is 21.7.